The number of pyridine rings is 1. The molecule has 40 heavy (non-hydrogen) atoms. The molecule has 2 aromatic carbocycles. The number of benzene rings is 2. The zero-order valence-electron chi connectivity index (χ0n) is 22.1. The fourth-order valence-corrected chi connectivity index (χ4v) is 6.13. The lowest BCUT2D eigenvalue weighted by Crippen LogP contribution is -2.34. The van der Waals surface area contributed by atoms with E-state index in [0.29, 0.717) is 46.7 Å². The van der Waals surface area contributed by atoms with E-state index in [1.807, 2.05) is 44.2 Å². The molecule has 1 aromatic heterocycles. The van der Waals surface area contributed by atoms with Crippen LogP contribution in [-0.2, 0) is 9.59 Å². The average molecular weight is 559 g/mol. The van der Waals surface area contributed by atoms with Crippen LogP contribution in [-0.4, -0.2) is 51.6 Å². The molecule has 0 bridgehead atoms. The van der Waals surface area contributed by atoms with Gasteiger partial charge in [0.1, 0.15) is 11.6 Å². The third kappa shape index (κ3) is 4.66. The van der Waals surface area contributed by atoms with Gasteiger partial charge in [0.15, 0.2) is 5.17 Å². The number of para-hydroxylation sites is 1. The molecular weight excluding hydrogens is 531 g/mol. The van der Waals surface area contributed by atoms with Crippen LogP contribution in [0.2, 0.25) is 0 Å². The van der Waals surface area contributed by atoms with Gasteiger partial charge in [-0.25, -0.2) is 9.37 Å². The molecule has 2 saturated heterocycles. The Kier molecular flexibility index (Phi) is 6.66. The summed E-state index contributed by atoms with van der Waals surface area (Å²) in [5, 5.41) is 2.91. The molecule has 0 unspecified atom stereocenters. The number of rotatable bonds is 4. The summed E-state index contributed by atoms with van der Waals surface area (Å²) < 4.78 is 21.3. The van der Waals surface area contributed by atoms with Crippen LogP contribution in [0.1, 0.15) is 54.1 Å². The summed E-state index contributed by atoms with van der Waals surface area (Å²) in [7, 11) is 0. The summed E-state index contributed by atoms with van der Waals surface area (Å²) in [6.45, 7) is 4.92. The third-order valence-electron chi connectivity index (χ3n) is 7.59. The monoisotopic (exact) mass is 558 g/mol. The van der Waals surface area contributed by atoms with Crippen molar-refractivity contribution in [1.82, 2.24) is 15.2 Å². The molecule has 0 saturated carbocycles. The highest BCUT2D eigenvalue weighted by Gasteiger charge is 2.44. The number of ether oxygens (including phenoxy) is 1. The normalized spacial score (nSPS) is 19.2. The number of halogens is 1. The van der Waals surface area contributed by atoms with Crippen LogP contribution in [0.25, 0.3) is 11.3 Å². The fourth-order valence-electron chi connectivity index (χ4n) is 5.46. The van der Waals surface area contributed by atoms with Crippen LogP contribution in [0.3, 0.4) is 0 Å². The second-order valence-electron chi connectivity index (χ2n) is 10.6. The zero-order valence-corrected chi connectivity index (χ0v) is 22.9. The largest absolute Gasteiger partial charge is 0.438 e. The van der Waals surface area contributed by atoms with Gasteiger partial charge in [0.2, 0.25) is 11.8 Å². The van der Waals surface area contributed by atoms with Crippen molar-refractivity contribution in [1.29, 1.82) is 0 Å². The summed E-state index contributed by atoms with van der Waals surface area (Å²) in [4.78, 5) is 48.4. The molecule has 1 atom stereocenters. The lowest BCUT2D eigenvalue weighted by molar-refractivity contribution is -0.126. The Balaban J connectivity index is 1.35. The molecule has 8 nitrogen and oxygen atoms in total. The SMILES string of the molecule is CC(C)(C(=O)N=C1NC(=O)CS1)[C@H]1c2ccccc2Oc2nc(-c3ccc(C(=O)N4CCCC4)c(F)c3)ccc21. The number of nitrogens with zero attached hydrogens (tertiary/aromatic N) is 3. The van der Waals surface area contributed by atoms with Crippen LogP contribution in [0.4, 0.5) is 4.39 Å². The minimum atomic E-state index is -1.01. The summed E-state index contributed by atoms with van der Waals surface area (Å²) in [6.07, 6.45) is 1.86. The Bertz CT molecular complexity index is 1580. The highest BCUT2D eigenvalue weighted by Crippen LogP contribution is 2.52. The Hall–Kier alpha value is -4.05. The lowest BCUT2D eigenvalue weighted by Gasteiger charge is -2.36. The third-order valence-corrected chi connectivity index (χ3v) is 8.46. The molecule has 3 aliphatic heterocycles. The van der Waals surface area contributed by atoms with E-state index in [0.717, 1.165) is 18.4 Å². The van der Waals surface area contributed by atoms with Gasteiger partial charge in [0.05, 0.1) is 22.4 Å². The molecule has 2 fully saturated rings. The lowest BCUT2D eigenvalue weighted by atomic mass is 9.70. The van der Waals surface area contributed by atoms with Crippen molar-refractivity contribution in [2.45, 2.75) is 32.6 Å². The van der Waals surface area contributed by atoms with Gasteiger partial charge in [-0.2, -0.15) is 4.99 Å². The first-order valence-corrected chi connectivity index (χ1v) is 14.1. The number of hydrogen-bond acceptors (Lipinski definition) is 6. The van der Waals surface area contributed by atoms with Crippen molar-refractivity contribution in [3.63, 3.8) is 0 Å². The van der Waals surface area contributed by atoms with E-state index in [1.165, 1.54) is 23.9 Å². The van der Waals surface area contributed by atoms with Crippen LogP contribution in [0.15, 0.2) is 59.6 Å². The number of likely N-dealkylation sites (tertiary alicyclic amines) is 1. The molecule has 3 amide bonds. The van der Waals surface area contributed by atoms with Crippen LogP contribution in [0.5, 0.6) is 11.6 Å². The van der Waals surface area contributed by atoms with E-state index < -0.39 is 17.2 Å². The number of amidine groups is 1. The Morgan fingerprint density at radius 1 is 1.10 bits per heavy atom. The predicted octanol–water partition coefficient (Wildman–Crippen LogP) is 5.13. The van der Waals surface area contributed by atoms with Gasteiger partial charge in [0.25, 0.3) is 11.8 Å². The molecule has 1 N–H and O–H groups in total. The van der Waals surface area contributed by atoms with Crippen LogP contribution in [0, 0.1) is 11.2 Å². The van der Waals surface area contributed by atoms with E-state index >= 15 is 4.39 Å². The molecule has 4 heterocycles. The smallest absolute Gasteiger partial charge is 0.256 e. The Labute approximate surface area is 235 Å². The molecule has 3 aromatic rings. The Morgan fingerprint density at radius 2 is 1.88 bits per heavy atom. The van der Waals surface area contributed by atoms with Crippen molar-refractivity contribution in [2.24, 2.45) is 10.4 Å². The van der Waals surface area contributed by atoms with E-state index in [2.05, 4.69) is 10.3 Å². The fraction of sp³-hybridized carbons (Fsp3) is 0.300. The average Bonchev–Trinajstić information content (AvgIpc) is 3.63. The highest BCUT2D eigenvalue weighted by atomic mass is 32.2. The van der Waals surface area contributed by atoms with Gasteiger partial charge in [0, 0.05) is 35.7 Å². The minimum Gasteiger partial charge on any atom is -0.438 e. The first kappa shape index (κ1) is 26.2. The van der Waals surface area contributed by atoms with Gasteiger partial charge < -0.3 is 15.0 Å². The van der Waals surface area contributed by atoms with E-state index in [9.17, 15) is 14.4 Å². The number of fused-ring (bicyclic) bond motifs is 2. The number of thioether (sulfide) groups is 1. The highest BCUT2D eigenvalue weighted by molar-refractivity contribution is 8.15. The standard InChI is InChI=1S/C30H27FN4O4S/c1-30(2,28(38)34-29-33-24(36)16-40-29)25-19-7-3-4-8-23(19)39-26-20(25)11-12-22(32-26)17-9-10-18(21(31)15-17)27(37)35-13-5-6-14-35/h3-4,7-12,15,25H,5-6,13-14,16H2,1-2H3,(H,33,34,36,38)/t25-/m0/s1. The summed E-state index contributed by atoms with van der Waals surface area (Å²) >= 11 is 1.20. The number of nitrogens with one attached hydrogen (secondary N) is 1. The van der Waals surface area contributed by atoms with Crippen molar-refractivity contribution < 1.29 is 23.5 Å². The number of aromatic nitrogens is 1. The molecule has 0 radical (unpaired) electrons. The topological polar surface area (TPSA) is 101 Å². The van der Waals surface area contributed by atoms with Crippen LogP contribution >= 0.6 is 11.8 Å². The summed E-state index contributed by atoms with van der Waals surface area (Å²) in [6, 6.07) is 15.6. The van der Waals surface area contributed by atoms with Gasteiger partial charge in [-0.1, -0.05) is 55.9 Å². The molecule has 204 valence electrons. The van der Waals surface area contributed by atoms with Gasteiger partial charge >= 0.3 is 0 Å². The van der Waals surface area contributed by atoms with Gasteiger partial charge in [-0.3, -0.25) is 14.4 Å². The van der Waals surface area contributed by atoms with Crippen molar-refractivity contribution in [2.75, 3.05) is 18.8 Å². The number of amides is 3. The minimum absolute atomic E-state index is 0.0485. The zero-order chi connectivity index (χ0) is 28.0. The number of carbonyl (C=O) groups excluding carboxylic acids is 3. The molecule has 0 spiro atoms. The maximum atomic E-state index is 15.1. The van der Waals surface area contributed by atoms with Crippen molar-refractivity contribution in [3.05, 3.63) is 77.1 Å². The van der Waals surface area contributed by atoms with Gasteiger partial charge in [-0.15, -0.1) is 0 Å². The Morgan fingerprint density at radius 3 is 2.60 bits per heavy atom. The molecule has 6 rings (SSSR count). The van der Waals surface area contributed by atoms with Crippen molar-refractivity contribution in [3.8, 4) is 22.9 Å². The number of carbonyl (C=O) groups is 3. The first-order valence-electron chi connectivity index (χ1n) is 13.1. The molecule has 10 heteroatoms. The number of aliphatic imine (C=N–C) groups is 1. The van der Waals surface area contributed by atoms with Crippen molar-refractivity contribution >= 4 is 34.7 Å². The van der Waals surface area contributed by atoms with E-state index in [4.69, 9.17) is 9.72 Å². The quantitative estimate of drug-likeness (QED) is 0.476. The van der Waals surface area contributed by atoms with E-state index in [-0.39, 0.29) is 29.0 Å². The number of hydrogen-bond donors (Lipinski definition) is 1. The van der Waals surface area contributed by atoms with Gasteiger partial charge in [-0.05, 0) is 37.1 Å². The maximum Gasteiger partial charge on any atom is 0.256 e. The predicted molar refractivity (Wildman–Crippen MR) is 150 cm³/mol. The second-order valence-corrected chi connectivity index (χ2v) is 11.6. The van der Waals surface area contributed by atoms with E-state index in [1.54, 1.807) is 17.0 Å². The van der Waals surface area contributed by atoms with Crippen LogP contribution < -0.4 is 10.1 Å². The maximum absolute atomic E-state index is 15.1. The molecular formula is C30H27FN4O4S. The summed E-state index contributed by atoms with van der Waals surface area (Å²) in [5.74, 6) is -0.780. The second kappa shape index (κ2) is 10.2. The first-order chi connectivity index (χ1) is 19.2. The summed E-state index contributed by atoms with van der Waals surface area (Å²) in [5.41, 5.74) is 1.54. The molecule has 3 aliphatic rings. The molecule has 0 aliphatic carbocycles.